The van der Waals surface area contributed by atoms with Gasteiger partial charge in [-0.05, 0) is 42.2 Å². The minimum absolute atomic E-state index is 0.129. The highest BCUT2D eigenvalue weighted by atomic mass is 35.5. The molecule has 0 saturated heterocycles. The number of carbonyl (C=O) groups excluding carboxylic acids is 2. The van der Waals surface area contributed by atoms with Crippen LogP contribution in [0.5, 0.6) is 0 Å². The average molecular weight is 393 g/mol. The molecule has 26 heavy (non-hydrogen) atoms. The Morgan fingerprint density at radius 2 is 1.65 bits per heavy atom. The standard InChI is InChI=1S/C20H22Cl2N2O2/c1-2-3-4-14-5-7-15(8-6-14)11-19(25)23-13-20(26)24-18-12-16(21)9-10-17(18)22/h5-10,12H,2-4,11,13H2,1H3,(H,23,25)(H,24,26). The summed E-state index contributed by atoms with van der Waals surface area (Å²) in [7, 11) is 0. The van der Waals surface area contributed by atoms with Crippen LogP contribution < -0.4 is 10.6 Å². The van der Waals surface area contributed by atoms with Crippen molar-refractivity contribution in [2.24, 2.45) is 0 Å². The molecule has 0 radical (unpaired) electrons. The van der Waals surface area contributed by atoms with Gasteiger partial charge in [0.2, 0.25) is 11.8 Å². The number of nitrogens with one attached hydrogen (secondary N) is 2. The summed E-state index contributed by atoms with van der Waals surface area (Å²) >= 11 is 11.9. The number of amides is 2. The van der Waals surface area contributed by atoms with E-state index in [2.05, 4.69) is 17.6 Å². The van der Waals surface area contributed by atoms with Crippen LogP contribution in [0.15, 0.2) is 42.5 Å². The van der Waals surface area contributed by atoms with Crippen molar-refractivity contribution in [2.75, 3.05) is 11.9 Å². The second-order valence-electron chi connectivity index (χ2n) is 6.05. The summed E-state index contributed by atoms with van der Waals surface area (Å²) in [5.41, 5.74) is 2.61. The van der Waals surface area contributed by atoms with E-state index in [4.69, 9.17) is 23.2 Å². The zero-order valence-corrected chi connectivity index (χ0v) is 16.2. The van der Waals surface area contributed by atoms with Crippen molar-refractivity contribution in [1.82, 2.24) is 5.32 Å². The maximum atomic E-state index is 12.0. The highest BCUT2D eigenvalue weighted by molar-refractivity contribution is 6.35. The van der Waals surface area contributed by atoms with Gasteiger partial charge in [-0.15, -0.1) is 0 Å². The molecular weight excluding hydrogens is 371 g/mol. The predicted molar refractivity (Wildman–Crippen MR) is 107 cm³/mol. The molecule has 2 aromatic carbocycles. The number of unbranched alkanes of at least 4 members (excludes halogenated alkanes) is 1. The van der Waals surface area contributed by atoms with Gasteiger partial charge >= 0.3 is 0 Å². The Morgan fingerprint density at radius 1 is 0.962 bits per heavy atom. The topological polar surface area (TPSA) is 58.2 Å². The van der Waals surface area contributed by atoms with Crippen LogP contribution in [0.4, 0.5) is 5.69 Å². The van der Waals surface area contributed by atoms with Crippen molar-refractivity contribution >= 4 is 40.7 Å². The van der Waals surface area contributed by atoms with E-state index in [1.54, 1.807) is 18.2 Å². The van der Waals surface area contributed by atoms with Gasteiger partial charge < -0.3 is 10.6 Å². The third-order valence-electron chi connectivity index (χ3n) is 3.86. The molecule has 0 aliphatic carbocycles. The minimum atomic E-state index is -0.363. The zero-order chi connectivity index (χ0) is 18.9. The third kappa shape index (κ3) is 6.70. The van der Waals surface area contributed by atoms with Gasteiger partial charge in [-0.2, -0.15) is 0 Å². The van der Waals surface area contributed by atoms with E-state index in [-0.39, 0.29) is 24.8 Å². The summed E-state index contributed by atoms with van der Waals surface area (Å²) < 4.78 is 0. The summed E-state index contributed by atoms with van der Waals surface area (Å²) in [6.07, 6.45) is 3.60. The quantitative estimate of drug-likeness (QED) is 0.687. The Morgan fingerprint density at radius 3 is 2.35 bits per heavy atom. The van der Waals surface area contributed by atoms with Gasteiger partial charge in [-0.1, -0.05) is 60.8 Å². The first-order chi connectivity index (χ1) is 12.5. The maximum absolute atomic E-state index is 12.0. The molecule has 2 rings (SSSR count). The lowest BCUT2D eigenvalue weighted by molar-refractivity contribution is -0.123. The summed E-state index contributed by atoms with van der Waals surface area (Å²) in [6.45, 7) is 2.03. The van der Waals surface area contributed by atoms with Gasteiger partial charge in [-0.3, -0.25) is 9.59 Å². The summed E-state index contributed by atoms with van der Waals surface area (Å²) in [4.78, 5) is 24.0. The highest BCUT2D eigenvalue weighted by Gasteiger charge is 2.09. The fourth-order valence-electron chi connectivity index (χ4n) is 2.42. The summed E-state index contributed by atoms with van der Waals surface area (Å²) in [5.74, 6) is -0.573. The van der Waals surface area contributed by atoms with E-state index in [0.29, 0.717) is 15.7 Å². The molecule has 2 N–H and O–H groups in total. The van der Waals surface area contributed by atoms with Crippen LogP contribution in [0.2, 0.25) is 10.0 Å². The van der Waals surface area contributed by atoms with Gasteiger partial charge in [0.1, 0.15) is 0 Å². The third-order valence-corrected chi connectivity index (χ3v) is 4.42. The van der Waals surface area contributed by atoms with E-state index >= 15 is 0 Å². The lowest BCUT2D eigenvalue weighted by atomic mass is 10.0. The number of aryl methyl sites for hydroxylation is 1. The van der Waals surface area contributed by atoms with Gasteiger partial charge in [0.05, 0.1) is 23.7 Å². The van der Waals surface area contributed by atoms with Gasteiger partial charge in [0.15, 0.2) is 0 Å². The van der Waals surface area contributed by atoms with E-state index < -0.39 is 0 Å². The minimum Gasteiger partial charge on any atom is -0.347 e. The van der Waals surface area contributed by atoms with Crippen LogP contribution in [-0.2, 0) is 22.4 Å². The first kappa shape index (κ1) is 20.3. The van der Waals surface area contributed by atoms with Crippen molar-refractivity contribution < 1.29 is 9.59 Å². The van der Waals surface area contributed by atoms with Crippen molar-refractivity contribution in [3.05, 3.63) is 63.6 Å². The molecule has 0 atom stereocenters. The highest BCUT2D eigenvalue weighted by Crippen LogP contribution is 2.25. The molecule has 0 aliphatic heterocycles. The van der Waals surface area contributed by atoms with Crippen LogP contribution in [0.25, 0.3) is 0 Å². The molecule has 0 unspecified atom stereocenters. The number of benzene rings is 2. The molecule has 138 valence electrons. The molecule has 0 aliphatic rings. The molecule has 0 aromatic heterocycles. The number of rotatable bonds is 8. The first-order valence-corrected chi connectivity index (χ1v) is 9.33. The maximum Gasteiger partial charge on any atom is 0.243 e. The molecule has 0 heterocycles. The average Bonchev–Trinajstić information content (AvgIpc) is 2.62. The molecule has 0 saturated carbocycles. The number of carbonyl (C=O) groups is 2. The lowest BCUT2D eigenvalue weighted by Crippen LogP contribution is -2.33. The SMILES string of the molecule is CCCCc1ccc(CC(=O)NCC(=O)Nc2cc(Cl)ccc2Cl)cc1. The number of halogens is 2. The predicted octanol–water partition coefficient (Wildman–Crippen LogP) is 4.63. The molecule has 2 amide bonds. The largest absolute Gasteiger partial charge is 0.347 e. The van der Waals surface area contributed by atoms with E-state index in [0.717, 1.165) is 24.8 Å². The fourth-order valence-corrected chi connectivity index (χ4v) is 2.76. The Balaban J connectivity index is 1.79. The Kier molecular flexibility index (Phi) is 7.95. The van der Waals surface area contributed by atoms with Crippen LogP contribution in [-0.4, -0.2) is 18.4 Å². The number of hydrogen-bond donors (Lipinski definition) is 2. The van der Waals surface area contributed by atoms with Crippen LogP contribution in [0, 0.1) is 0 Å². The van der Waals surface area contributed by atoms with Crippen molar-refractivity contribution in [1.29, 1.82) is 0 Å². The van der Waals surface area contributed by atoms with Gasteiger partial charge in [-0.25, -0.2) is 0 Å². The smallest absolute Gasteiger partial charge is 0.243 e. The number of anilines is 1. The van der Waals surface area contributed by atoms with Gasteiger partial charge in [0.25, 0.3) is 0 Å². The Labute approximate surface area is 163 Å². The van der Waals surface area contributed by atoms with E-state index in [9.17, 15) is 9.59 Å². The second kappa shape index (κ2) is 10.2. The van der Waals surface area contributed by atoms with Crippen LogP contribution >= 0.6 is 23.2 Å². The molecule has 0 bridgehead atoms. The van der Waals surface area contributed by atoms with Crippen molar-refractivity contribution in [3.63, 3.8) is 0 Å². The molecule has 4 nitrogen and oxygen atoms in total. The Hall–Kier alpha value is -2.04. The molecule has 0 spiro atoms. The molecular formula is C20H22Cl2N2O2. The van der Waals surface area contributed by atoms with Crippen molar-refractivity contribution in [2.45, 2.75) is 32.6 Å². The molecule has 2 aromatic rings. The van der Waals surface area contributed by atoms with E-state index in [1.165, 1.54) is 5.56 Å². The number of hydrogen-bond acceptors (Lipinski definition) is 2. The fraction of sp³-hybridized carbons (Fsp3) is 0.300. The Bertz CT molecular complexity index is 761. The zero-order valence-electron chi connectivity index (χ0n) is 14.6. The van der Waals surface area contributed by atoms with Gasteiger partial charge in [0, 0.05) is 5.02 Å². The molecule has 0 fully saturated rings. The molecule has 6 heteroatoms. The van der Waals surface area contributed by atoms with Crippen LogP contribution in [0.3, 0.4) is 0 Å². The van der Waals surface area contributed by atoms with Crippen LogP contribution in [0.1, 0.15) is 30.9 Å². The normalized spacial score (nSPS) is 10.4. The second-order valence-corrected chi connectivity index (χ2v) is 6.89. The summed E-state index contributed by atoms with van der Waals surface area (Å²) in [6, 6.07) is 12.8. The van der Waals surface area contributed by atoms with Crippen molar-refractivity contribution in [3.8, 4) is 0 Å². The van der Waals surface area contributed by atoms with E-state index in [1.807, 2.05) is 24.3 Å². The lowest BCUT2D eigenvalue weighted by Gasteiger charge is -2.09. The first-order valence-electron chi connectivity index (χ1n) is 8.57. The summed E-state index contributed by atoms with van der Waals surface area (Å²) in [5, 5.41) is 6.09. The monoisotopic (exact) mass is 392 g/mol.